The SMILES string of the molecule is CCOC(=O)C1CCC(=O)N1C(=O)c1cccc(Cl)c1. The Hall–Kier alpha value is -1.88. The standard InChI is InChI=1S/C14H14ClNO4/c1-2-20-14(19)11-6-7-12(17)16(11)13(18)9-4-3-5-10(15)8-9/h3-5,8,11H,2,6-7H2,1H3. The fourth-order valence-corrected chi connectivity index (χ4v) is 2.35. The molecule has 0 aromatic heterocycles. The average Bonchev–Trinajstić information content (AvgIpc) is 2.80. The van der Waals surface area contributed by atoms with Gasteiger partial charge in [-0.2, -0.15) is 0 Å². The summed E-state index contributed by atoms with van der Waals surface area (Å²) in [5.74, 6) is -1.44. The second-order valence-electron chi connectivity index (χ2n) is 4.39. The van der Waals surface area contributed by atoms with Crippen LogP contribution in [0.2, 0.25) is 5.02 Å². The minimum absolute atomic E-state index is 0.162. The van der Waals surface area contributed by atoms with E-state index in [1.807, 2.05) is 0 Å². The second kappa shape index (κ2) is 6.05. The van der Waals surface area contributed by atoms with Gasteiger partial charge in [-0.05, 0) is 31.5 Å². The molecule has 1 aliphatic rings. The highest BCUT2D eigenvalue weighted by Gasteiger charge is 2.41. The maximum atomic E-state index is 12.4. The molecule has 1 fully saturated rings. The third kappa shape index (κ3) is 2.82. The highest BCUT2D eigenvalue weighted by atomic mass is 35.5. The van der Waals surface area contributed by atoms with Gasteiger partial charge in [0.05, 0.1) is 6.61 Å². The van der Waals surface area contributed by atoms with Crippen molar-refractivity contribution in [1.29, 1.82) is 0 Å². The Morgan fingerprint density at radius 3 is 2.85 bits per heavy atom. The van der Waals surface area contributed by atoms with Crippen LogP contribution in [0.5, 0.6) is 0 Å². The smallest absolute Gasteiger partial charge is 0.329 e. The lowest BCUT2D eigenvalue weighted by atomic mass is 10.1. The van der Waals surface area contributed by atoms with Crippen molar-refractivity contribution >= 4 is 29.4 Å². The van der Waals surface area contributed by atoms with Gasteiger partial charge in [0.25, 0.3) is 5.91 Å². The predicted octanol–water partition coefficient (Wildman–Crippen LogP) is 2.03. The zero-order chi connectivity index (χ0) is 14.7. The van der Waals surface area contributed by atoms with Crippen LogP contribution in [0.1, 0.15) is 30.1 Å². The van der Waals surface area contributed by atoms with Gasteiger partial charge < -0.3 is 4.74 Å². The van der Waals surface area contributed by atoms with Crippen LogP contribution in [0.25, 0.3) is 0 Å². The van der Waals surface area contributed by atoms with Crippen LogP contribution in [-0.4, -0.2) is 35.3 Å². The predicted molar refractivity (Wildman–Crippen MR) is 72.3 cm³/mol. The highest BCUT2D eigenvalue weighted by molar-refractivity contribution is 6.31. The third-order valence-corrected chi connectivity index (χ3v) is 3.30. The quantitative estimate of drug-likeness (QED) is 0.632. The molecule has 1 aromatic rings. The van der Waals surface area contributed by atoms with E-state index in [4.69, 9.17) is 16.3 Å². The van der Waals surface area contributed by atoms with E-state index in [2.05, 4.69) is 0 Å². The Balaban J connectivity index is 2.26. The topological polar surface area (TPSA) is 63.7 Å². The molecule has 1 unspecified atom stereocenters. The summed E-state index contributed by atoms with van der Waals surface area (Å²) in [5, 5.41) is 0.398. The monoisotopic (exact) mass is 295 g/mol. The van der Waals surface area contributed by atoms with E-state index in [1.54, 1.807) is 25.1 Å². The van der Waals surface area contributed by atoms with Crippen molar-refractivity contribution in [3.05, 3.63) is 34.9 Å². The van der Waals surface area contributed by atoms with Crippen molar-refractivity contribution in [2.75, 3.05) is 6.61 Å². The molecule has 0 bridgehead atoms. The summed E-state index contributed by atoms with van der Waals surface area (Å²) < 4.78 is 4.90. The van der Waals surface area contributed by atoms with E-state index in [1.165, 1.54) is 6.07 Å². The van der Waals surface area contributed by atoms with Gasteiger partial charge in [0.1, 0.15) is 6.04 Å². The first-order valence-electron chi connectivity index (χ1n) is 6.33. The molecule has 106 valence electrons. The molecule has 0 aliphatic carbocycles. The molecular weight excluding hydrogens is 282 g/mol. The minimum Gasteiger partial charge on any atom is -0.464 e. The van der Waals surface area contributed by atoms with Crippen molar-refractivity contribution in [3.8, 4) is 0 Å². The number of carbonyl (C=O) groups excluding carboxylic acids is 3. The molecule has 0 saturated carbocycles. The molecule has 1 heterocycles. The average molecular weight is 296 g/mol. The van der Waals surface area contributed by atoms with Crippen molar-refractivity contribution in [1.82, 2.24) is 4.90 Å². The molecule has 1 aliphatic heterocycles. The van der Waals surface area contributed by atoms with Gasteiger partial charge in [0.2, 0.25) is 5.91 Å². The summed E-state index contributed by atoms with van der Waals surface area (Å²) >= 11 is 5.83. The molecule has 2 rings (SSSR count). The summed E-state index contributed by atoms with van der Waals surface area (Å²) in [7, 11) is 0. The Morgan fingerprint density at radius 2 is 2.20 bits per heavy atom. The van der Waals surface area contributed by atoms with Crippen LogP contribution in [0.15, 0.2) is 24.3 Å². The van der Waals surface area contributed by atoms with Gasteiger partial charge in [-0.15, -0.1) is 0 Å². The number of imide groups is 1. The number of carbonyl (C=O) groups is 3. The third-order valence-electron chi connectivity index (χ3n) is 3.06. The number of esters is 1. The van der Waals surface area contributed by atoms with Crippen molar-refractivity contribution < 1.29 is 19.1 Å². The number of amides is 2. The van der Waals surface area contributed by atoms with Crippen LogP contribution < -0.4 is 0 Å². The van der Waals surface area contributed by atoms with Gasteiger partial charge >= 0.3 is 5.97 Å². The molecule has 0 N–H and O–H groups in total. The van der Waals surface area contributed by atoms with E-state index in [0.29, 0.717) is 11.4 Å². The molecule has 5 nitrogen and oxygen atoms in total. The number of halogens is 1. The Morgan fingerprint density at radius 1 is 1.45 bits per heavy atom. The van der Waals surface area contributed by atoms with Crippen molar-refractivity contribution in [2.45, 2.75) is 25.8 Å². The zero-order valence-corrected chi connectivity index (χ0v) is 11.7. The first kappa shape index (κ1) is 14.5. The lowest BCUT2D eigenvalue weighted by Gasteiger charge is -2.21. The van der Waals surface area contributed by atoms with Gasteiger partial charge in [-0.1, -0.05) is 17.7 Å². The van der Waals surface area contributed by atoms with Gasteiger partial charge in [0, 0.05) is 17.0 Å². The molecule has 0 spiro atoms. The van der Waals surface area contributed by atoms with E-state index >= 15 is 0 Å². The van der Waals surface area contributed by atoms with Gasteiger partial charge in [0.15, 0.2) is 0 Å². The lowest BCUT2D eigenvalue weighted by Crippen LogP contribution is -2.43. The molecule has 1 aromatic carbocycles. The summed E-state index contributed by atoms with van der Waals surface area (Å²) in [6, 6.07) is 5.44. The number of benzene rings is 1. The normalized spacial score (nSPS) is 18.2. The first-order valence-corrected chi connectivity index (χ1v) is 6.71. The number of nitrogens with zero attached hydrogens (tertiary/aromatic N) is 1. The molecule has 1 atom stereocenters. The maximum absolute atomic E-state index is 12.4. The summed E-state index contributed by atoms with van der Waals surface area (Å²) in [6.45, 7) is 1.89. The molecule has 20 heavy (non-hydrogen) atoms. The second-order valence-corrected chi connectivity index (χ2v) is 4.82. The molecule has 2 amide bonds. The fraction of sp³-hybridized carbons (Fsp3) is 0.357. The highest BCUT2D eigenvalue weighted by Crippen LogP contribution is 2.23. The van der Waals surface area contributed by atoms with Crippen LogP contribution >= 0.6 is 11.6 Å². The molecule has 1 saturated heterocycles. The van der Waals surface area contributed by atoms with E-state index in [9.17, 15) is 14.4 Å². The Kier molecular flexibility index (Phi) is 4.39. The van der Waals surface area contributed by atoms with Crippen LogP contribution in [0, 0.1) is 0 Å². The van der Waals surface area contributed by atoms with Gasteiger partial charge in [-0.3, -0.25) is 14.5 Å². The van der Waals surface area contributed by atoms with Gasteiger partial charge in [-0.25, -0.2) is 4.79 Å². The Bertz CT molecular complexity index is 558. The number of ether oxygens (including phenoxy) is 1. The first-order chi connectivity index (χ1) is 9.54. The largest absolute Gasteiger partial charge is 0.464 e. The van der Waals surface area contributed by atoms with E-state index in [-0.39, 0.29) is 24.5 Å². The summed E-state index contributed by atoms with van der Waals surface area (Å²) in [5.41, 5.74) is 0.280. The van der Waals surface area contributed by atoms with E-state index < -0.39 is 17.9 Å². The number of hydrogen-bond acceptors (Lipinski definition) is 4. The molecular formula is C14H14ClNO4. The van der Waals surface area contributed by atoms with Crippen molar-refractivity contribution in [2.24, 2.45) is 0 Å². The summed E-state index contributed by atoms with van der Waals surface area (Å²) in [6.07, 6.45) is 0.458. The van der Waals surface area contributed by atoms with Crippen LogP contribution in [0.4, 0.5) is 0 Å². The molecule has 0 radical (unpaired) electrons. The summed E-state index contributed by atoms with van der Waals surface area (Å²) in [4.78, 5) is 37.0. The Labute approximate surface area is 121 Å². The number of likely N-dealkylation sites (tertiary alicyclic amines) is 1. The fourth-order valence-electron chi connectivity index (χ4n) is 2.16. The minimum atomic E-state index is -0.839. The zero-order valence-electron chi connectivity index (χ0n) is 11.0. The van der Waals surface area contributed by atoms with Crippen molar-refractivity contribution in [3.63, 3.8) is 0 Å². The van der Waals surface area contributed by atoms with E-state index in [0.717, 1.165) is 4.90 Å². The number of rotatable bonds is 3. The maximum Gasteiger partial charge on any atom is 0.329 e. The number of hydrogen-bond donors (Lipinski definition) is 0. The molecule has 6 heteroatoms. The van der Waals surface area contributed by atoms with Crippen LogP contribution in [-0.2, 0) is 14.3 Å². The van der Waals surface area contributed by atoms with Crippen LogP contribution in [0.3, 0.4) is 0 Å². The lowest BCUT2D eigenvalue weighted by molar-refractivity contribution is -0.149.